The third-order valence-corrected chi connectivity index (χ3v) is 5.51. The summed E-state index contributed by atoms with van der Waals surface area (Å²) in [4.78, 5) is 23.8. The lowest BCUT2D eigenvalue weighted by Crippen LogP contribution is -2.22. The van der Waals surface area contributed by atoms with Crippen molar-refractivity contribution in [3.05, 3.63) is 80.6 Å². The minimum Gasteiger partial charge on any atom is -0.490 e. The summed E-state index contributed by atoms with van der Waals surface area (Å²) >= 11 is 6.19. The van der Waals surface area contributed by atoms with Gasteiger partial charge in [0.2, 0.25) is 0 Å². The van der Waals surface area contributed by atoms with Gasteiger partial charge in [0.15, 0.2) is 5.75 Å². The molecule has 0 radical (unpaired) electrons. The third-order valence-electron chi connectivity index (χ3n) is 5.10. The first-order valence-corrected chi connectivity index (χ1v) is 9.97. The first kappa shape index (κ1) is 21.3. The van der Waals surface area contributed by atoms with E-state index < -0.39 is 4.92 Å². The van der Waals surface area contributed by atoms with E-state index in [9.17, 15) is 14.9 Å². The number of furan rings is 1. The molecule has 4 rings (SSSR count). The summed E-state index contributed by atoms with van der Waals surface area (Å²) in [6, 6.07) is 13.2. The highest BCUT2D eigenvalue weighted by molar-refractivity contribution is 6.34. The summed E-state index contributed by atoms with van der Waals surface area (Å²) in [5.41, 5.74) is 2.63. The molecular formula is C23H18ClN3O5. The van der Waals surface area contributed by atoms with E-state index in [1.165, 1.54) is 24.3 Å². The topological polar surface area (TPSA) is 98.2 Å². The summed E-state index contributed by atoms with van der Waals surface area (Å²) in [5, 5.41) is 17.5. The van der Waals surface area contributed by atoms with Gasteiger partial charge in [-0.05, 0) is 61.9 Å². The third kappa shape index (κ3) is 3.76. The van der Waals surface area contributed by atoms with E-state index in [1.807, 2.05) is 6.92 Å². The summed E-state index contributed by atoms with van der Waals surface area (Å²) in [7, 11) is 1.37. The Bertz CT molecular complexity index is 1310. The number of hydrogen-bond acceptors (Lipinski definition) is 6. The van der Waals surface area contributed by atoms with E-state index >= 15 is 0 Å². The number of hydrogen-bond donors (Lipinski definition) is 0. The number of hydrazone groups is 1. The number of halogens is 1. The molecule has 8 nitrogen and oxygen atoms in total. The lowest BCUT2D eigenvalue weighted by Gasteiger charge is -2.15. The number of anilines is 1. The first-order valence-electron chi connectivity index (χ1n) is 9.59. The fourth-order valence-electron chi connectivity index (χ4n) is 3.39. The van der Waals surface area contributed by atoms with Crippen LogP contribution in [0.15, 0.2) is 63.6 Å². The van der Waals surface area contributed by atoms with Crippen molar-refractivity contribution >= 4 is 40.7 Å². The van der Waals surface area contributed by atoms with Crippen molar-refractivity contribution in [1.29, 1.82) is 0 Å². The van der Waals surface area contributed by atoms with E-state index in [2.05, 4.69) is 5.10 Å². The molecule has 0 spiro atoms. The van der Waals surface area contributed by atoms with Crippen molar-refractivity contribution in [3.63, 3.8) is 0 Å². The van der Waals surface area contributed by atoms with Gasteiger partial charge in [-0.2, -0.15) is 10.1 Å². The van der Waals surface area contributed by atoms with Gasteiger partial charge < -0.3 is 9.15 Å². The Balaban J connectivity index is 1.65. The zero-order valence-corrected chi connectivity index (χ0v) is 18.2. The average molecular weight is 452 g/mol. The van der Waals surface area contributed by atoms with Crippen molar-refractivity contribution in [2.45, 2.75) is 13.8 Å². The number of amides is 1. The normalized spacial score (nSPS) is 14.8. The maximum atomic E-state index is 13.0. The van der Waals surface area contributed by atoms with E-state index in [4.69, 9.17) is 20.8 Å². The van der Waals surface area contributed by atoms with Gasteiger partial charge in [0, 0.05) is 16.7 Å². The van der Waals surface area contributed by atoms with Crippen molar-refractivity contribution in [2.24, 2.45) is 5.10 Å². The molecule has 1 aliphatic rings. The molecule has 0 unspecified atom stereocenters. The molecule has 2 heterocycles. The first-order chi connectivity index (χ1) is 15.3. The van der Waals surface area contributed by atoms with Crippen LogP contribution in [0.5, 0.6) is 5.75 Å². The van der Waals surface area contributed by atoms with Gasteiger partial charge in [0.05, 0.1) is 29.0 Å². The van der Waals surface area contributed by atoms with Gasteiger partial charge in [-0.25, -0.2) is 0 Å². The Morgan fingerprint density at radius 2 is 1.97 bits per heavy atom. The monoisotopic (exact) mass is 451 g/mol. The van der Waals surface area contributed by atoms with Crippen LogP contribution in [0.25, 0.3) is 17.4 Å². The molecule has 32 heavy (non-hydrogen) atoms. The predicted molar refractivity (Wildman–Crippen MR) is 122 cm³/mol. The predicted octanol–water partition coefficient (Wildman–Crippen LogP) is 5.63. The van der Waals surface area contributed by atoms with Gasteiger partial charge in [-0.15, -0.1) is 0 Å². The van der Waals surface area contributed by atoms with Crippen LogP contribution >= 0.6 is 11.6 Å². The number of carbonyl (C=O) groups is 1. The van der Waals surface area contributed by atoms with E-state index in [-0.39, 0.29) is 17.3 Å². The van der Waals surface area contributed by atoms with E-state index in [0.717, 1.165) is 5.56 Å². The maximum Gasteiger partial charge on any atom is 0.311 e. The molecule has 0 fully saturated rings. The number of nitrogens with zero attached hydrogens (tertiary/aromatic N) is 3. The fourth-order valence-corrected chi connectivity index (χ4v) is 3.56. The van der Waals surface area contributed by atoms with Crippen molar-refractivity contribution in [1.82, 2.24) is 0 Å². The molecule has 0 bridgehead atoms. The SMILES string of the molecule is COc1ccc(-c2ccc(/C=C3/C(=O)N(c4cccc(Cl)c4C)N=C3C)o2)cc1[N+](=O)[O-]. The Morgan fingerprint density at radius 1 is 1.19 bits per heavy atom. The van der Waals surface area contributed by atoms with Crippen LogP contribution < -0.4 is 9.75 Å². The summed E-state index contributed by atoms with van der Waals surface area (Å²) in [6.07, 6.45) is 1.60. The van der Waals surface area contributed by atoms with Gasteiger partial charge in [0.25, 0.3) is 5.91 Å². The smallest absolute Gasteiger partial charge is 0.311 e. The fraction of sp³-hybridized carbons (Fsp3) is 0.130. The number of ether oxygens (including phenoxy) is 1. The molecule has 1 aliphatic heterocycles. The number of nitro groups is 1. The van der Waals surface area contributed by atoms with Crippen LogP contribution in [0.1, 0.15) is 18.2 Å². The van der Waals surface area contributed by atoms with Gasteiger partial charge >= 0.3 is 5.69 Å². The average Bonchev–Trinajstić information content (AvgIpc) is 3.35. The summed E-state index contributed by atoms with van der Waals surface area (Å²) < 4.78 is 10.9. The number of methoxy groups -OCH3 is 1. The lowest BCUT2D eigenvalue weighted by atomic mass is 10.1. The summed E-state index contributed by atoms with van der Waals surface area (Å²) in [6.45, 7) is 3.56. The number of carbonyl (C=O) groups excluding carboxylic acids is 1. The molecule has 1 amide bonds. The standard InChI is InChI=1S/C23H18ClN3O5/c1-13-18(24)5-4-6-19(13)26-23(28)17(14(2)25-26)12-16-8-10-21(32-16)15-7-9-22(31-3)20(11-15)27(29)30/h4-12H,1-3H3/b17-12+. The van der Waals surface area contributed by atoms with Gasteiger partial charge in [-0.3, -0.25) is 14.9 Å². The molecular weight excluding hydrogens is 434 g/mol. The molecule has 0 saturated carbocycles. The molecule has 0 atom stereocenters. The molecule has 0 aliphatic carbocycles. The molecule has 0 N–H and O–H groups in total. The Morgan fingerprint density at radius 3 is 2.69 bits per heavy atom. The molecule has 3 aromatic rings. The molecule has 162 valence electrons. The maximum absolute atomic E-state index is 13.0. The van der Waals surface area contributed by atoms with Crippen molar-refractivity contribution in [3.8, 4) is 17.1 Å². The van der Waals surface area contributed by atoms with Crippen LogP contribution in [-0.2, 0) is 4.79 Å². The van der Waals surface area contributed by atoms with Crippen molar-refractivity contribution < 1.29 is 18.9 Å². The van der Waals surface area contributed by atoms with E-state index in [0.29, 0.717) is 39.1 Å². The highest BCUT2D eigenvalue weighted by atomic mass is 35.5. The van der Waals surface area contributed by atoms with E-state index in [1.54, 1.807) is 49.4 Å². The largest absolute Gasteiger partial charge is 0.490 e. The van der Waals surface area contributed by atoms with Crippen LogP contribution in [0.4, 0.5) is 11.4 Å². The lowest BCUT2D eigenvalue weighted by molar-refractivity contribution is -0.385. The highest BCUT2D eigenvalue weighted by Crippen LogP contribution is 2.34. The van der Waals surface area contributed by atoms with Crippen LogP contribution in [0, 0.1) is 17.0 Å². The Kier molecular flexibility index (Phi) is 5.54. The number of nitro benzene ring substituents is 1. The second kappa shape index (κ2) is 8.32. The van der Waals surface area contributed by atoms with Gasteiger partial charge in [-0.1, -0.05) is 17.7 Å². The van der Waals surface area contributed by atoms with Crippen LogP contribution in [0.3, 0.4) is 0 Å². The minimum atomic E-state index is -0.516. The van der Waals surface area contributed by atoms with Gasteiger partial charge in [0.1, 0.15) is 11.5 Å². The second-order valence-corrected chi connectivity index (χ2v) is 7.50. The zero-order chi connectivity index (χ0) is 23.0. The summed E-state index contributed by atoms with van der Waals surface area (Å²) in [5.74, 6) is 0.699. The quantitative estimate of drug-likeness (QED) is 0.284. The molecule has 9 heteroatoms. The minimum absolute atomic E-state index is 0.160. The van der Waals surface area contributed by atoms with Crippen LogP contribution in [0.2, 0.25) is 5.02 Å². The molecule has 2 aromatic carbocycles. The Hall–Kier alpha value is -3.91. The highest BCUT2D eigenvalue weighted by Gasteiger charge is 2.30. The number of rotatable bonds is 5. The molecule has 0 saturated heterocycles. The van der Waals surface area contributed by atoms with Crippen LogP contribution in [-0.4, -0.2) is 23.7 Å². The molecule has 1 aromatic heterocycles. The Labute approximate surface area is 188 Å². The second-order valence-electron chi connectivity index (χ2n) is 7.09. The van der Waals surface area contributed by atoms with Crippen molar-refractivity contribution in [2.75, 3.05) is 12.1 Å². The zero-order valence-electron chi connectivity index (χ0n) is 17.5. The number of benzene rings is 2.